The summed E-state index contributed by atoms with van der Waals surface area (Å²) in [5.41, 5.74) is 0. The first kappa shape index (κ1) is 8.93. The molecule has 54 valence electrons. The van der Waals surface area contributed by atoms with E-state index in [0.717, 1.165) is 4.47 Å². The molecule has 0 saturated carbocycles. The summed E-state index contributed by atoms with van der Waals surface area (Å²) in [5.74, 6) is -0.213. The Morgan fingerprint density at radius 2 is 1.70 bits per heavy atom. The molecule has 1 aromatic rings. The lowest BCUT2D eigenvalue weighted by molar-refractivity contribution is 0.612. The Kier molecular flexibility index (Phi) is 3.12. The summed E-state index contributed by atoms with van der Waals surface area (Å²) in [4.78, 5) is 0. The van der Waals surface area contributed by atoms with E-state index in [9.17, 15) is 4.39 Å². The molecule has 0 aliphatic heterocycles. The molecule has 1 aromatic carbocycles. The molecule has 0 N–H and O–H groups in total. The zero-order valence-corrected chi connectivity index (χ0v) is 10.00. The molecule has 0 aliphatic carbocycles. The third kappa shape index (κ3) is 1.71. The fourth-order valence-corrected chi connectivity index (χ4v) is 1.98. The van der Waals surface area contributed by atoms with Crippen LogP contribution >= 0.6 is 54.5 Å². The van der Waals surface area contributed by atoms with Crippen molar-refractivity contribution in [2.45, 2.75) is 0 Å². The lowest BCUT2D eigenvalue weighted by atomic mass is 10.4. The van der Waals surface area contributed by atoms with Gasteiger partial charge in [0.2, 0.25) is 0 Å². The lowest BCUT2D eigenvalue weighted by Gasteiger charge is -1.98. The third-order valence-electron chi connectivity index (χ3n) is 0.988. The first-order valence-electron chi connectivity index (χ1n) is 2.42. The Labute approximate surface area is 88.6 Å². The highest BCUT2D eigenvalue weighted by Gasteiger charge is 2.05. The van der Waals surface area contributed by atoms with Gasteiger partial charge in [-0.3, -0.25) is 0 Å². The van der Waals surface area contributed by atoms with Crippen molar-refractivity contribution in [3.8, 4) is 0 Å². The highest BCUT2D eigenvalue weighted by atomic mass is 127. The predicted molar refractivity (Wildman–Crippen MR) is 54.5 cm³/mol. The van der Waals surface area contributed by atoms with Crippen molar-refractivity contribution in [3.63, 3.8) is 0 Å². The molecular weight excluding hydrogens is 378 g/mol. The molecule has 1 rings (SSSR count). The zero-order valence-electron chi connectivity index (χ0n) is 4.67. The quantitative estimate of drug-likeness (QED) is 0.364. The van der Waals surface area contributed by atoms with E-state index in [4.69, 9.17) is 0 Å². The van der Waals surface area contributed by atoms with Crippen LogP contribution in [0.25, 0.3) is 0 Å². The molecule has 4 heteroatoms. The maximum Gasteiger partial charge on any atom is 0.151 e. The number of benzene rings is 1. The van der Waals surface area contributed by atoms with Crippen LogP contribution in [-0.2, 0) is 0 Å². The van der Waals surface area contributed by atoms with E-state index in [0.29, 0.717) is 8.04 Å². The van der Waals surface area contributed by atoms with Gasteiger partial charge in [-0.05, 0) is 66.6 Å². The summed E-state index contributed by atoms with van der Waals surface area (Å²) in [7, 11) is 0. The highest BCUT2D eigenvalue weighted by molar-refractivity contribution is 14.1. The van der Waals surface area contributed by atoms with Gasteiger partial charge in [0, 0.05) is 4.47 Å². The van der Waals surface area contributed by atoms with Crippen molar-refractivity contribution in [2.24, 2.45) is 0 Å². The SMILES string of the molecule is Fc1c(Br)ccc(Br)c1I. The van der Waals surface area contributed by atoms with Crippen molar-refractivity contribution in [1.82, 2.24) is 0 Å². The van der Waals surface area contributed by atoms with Crippen LogP contribution in [0.5, 0.6) is 0 Å². The molecule has 10 heavy (non-hydrogen) atoms. The van der Waals surface area contributed by atoms with E-state index < -0.39 is 0 Å². The van der Waals surface area contributed by atoms with Crippen LogP contribution in [0.15, 0.2) is 21.1 Å². The monoisotopic (exact) mass is 378 g/mol. The number of hydrogen-bond acceptors (Lipinski definition) is 0. The largest absolute Gasteiger partial charge is 0.205 e. The van der Waals surface area contributed by atoms with Gasteiger partial charge in [-0.1, -0.05) is 0 Å². The first-order chi connectivity index (χ1) is 4.63. The van der Waals surface area contributed by atoms with Crippen LogP contribution in [0, 0.1) is 9.39 Å². The van der Waals surface area contributed by atoms with Crippen LogP contribution in [0.4, 0.5) is 4.39 Å². The third-order valence-corrected chi connectivity index (χ3v) is 4.06. The topological polar surface area (TPSA) is 0 Å². The average Bonchev–Trinajstić information content (AvgIpc) is 1.93. The van der Waals surface area contributed by atoms with Crippen molar-refractivity contribution in [1.29, 1.82) is 0 Å². The smallest absolute Gasteiger partial charge is 0.151 e. The molecule has 0 saturated heterocycles. The van der Waals surface area contributed by atoms with Gasteiger partial charge in [0.15, 0.2) is 5.82 Å². The molecule has 0 nitrogen and oxygen atoms in total. The molecule has 0 radical (unpaired) electrons. The van der Waals surface area contributed by atoms with E-state index in [1.54, 1.807) is 12.1 Å². The Hall–Kier alpha value is 0.840. The Morgan fingerprint density at radius 1 is 1.20 bits per heavy atom. The van der Waals surface area contributed by atoms with E-state index in [-0.39, 0.29) is 5.82 Å². The van der Waals surface area contributed by atoms with Gasteiger partial charge in [-0.2, -0.15) is 0 Å². The summed E-state index contributed by atoms with van der Waals surface area (Å²) < 4.78 is 14.8. The highest BCUT2D eigenvalue weighted by Crippen LogP contribution is 2.26. The van der Waals surface area contributed by atoms with E-state index in [2.05, 4.69) is 31.9 Å². The standard InChI is InChI=1S/C6H2Br2FI/c7-3-1-2-4(8)6(10)5(3)9/h1-2H. The van der Waals surface area contributed by atoms with Gasteiger partial charge in [-0.25, -0.2) is 4.39 Å². The average molecular weight is 380 g/mol. The number of halogens is 4. The van der Waals surface area contributed by atoms with Gasteiger partial charge in [0.1, 0.15) is 0 Å². The molecule has 0 spiro atoms. The van der Waals surface area contributed by atoms with E-state index >= 15 is 0 Å². The van der Waals surface area contributed by atoms with Crippen molar-refractivity contribution in [3.05, 3.63) is 30.5 Å². The maximum absolute atomic E-state index is 12.9. The molecule has 0 bridgehead atoms. The summed E-state index contributed by atoms with van der Waals surface area (Å²) in [6.07, 6.45) is 0. The minimum absolute atomic E-state index is 0.213. The first-order valence-corrected chi connectivity index (χ1v) is 5.08. The Bertz CT molecular complexity index is 235. The van der Waals surface area contributed by atoms with Crippen LogP contribution < -0.4 is 0 Å². The van der Waals surface area contributed by atoms with Crippen LogP contribution in [0.3, 0.4) is 0 Å². The zero-order chi connectivity index (χ0) is 7.72. The molecule has 0 atom stereocenters. The minimum Gasteiger partial charge on any atom is -0.205 e. The second kappa shape index (κ2) is 3.49. The molecule has 0 aromatic heterocycles. The molecule has 0 aliphatic rings. The number of hydrogen-bond donors (Lipinski definition) is 0. The van der Waals surface area contributed by atoms with Crippen molar-refractivity contribution in [2.75, 3.05) is 0 Å². The Morgan fingerprint density at radius 3 is 2.20 bits per heavy atom. The molecule has 0 amide bonds. The Balaban J connectivity index is 3.34. The molecular formula is C6H2Br2FI. The van der Waals surface area contributed by atoms with Crippen LogP contribution in [-0.4, -0.2) is 0 Å². The summed E-state index contributed by atoms with van der Waals surface area (Å²) in [6.45, 7) is 0. The fraction of sp³-hybridized carbons (Fsp3) is 0. The maximum atomic E-state index is 12.9. The molecule has 0 heterocycles. The second-order valence-corrected chi connectivity index (χ2v) is 4.44. The van der Waals surface area contributed by atoms with Crippen molar-refractivity contribution < 1.29 is 4.39 Å². The van der Waals surface area contributed by atoms with Gasteiger partial charge in [0.25, 0.3) is 0 Å². The van der Waals surface area contributed by atoms with E-state index in [1.165, 1.54) is 0 Å². The van der Waals surface area contributed by atoms with Gasteiger partial charge < -0.3 is 0 Å². The summed E-state index contributed by atoms with van der Waals surface area (Å²) >= 11 is 8.23. The van der Waals surface area contributed by atoms with Gasteiger partial charge in [-0.15, -0.1) is 0 Å². The van der Waals surface area contributed by atoms with Gasteiger partial charge in [0.05, 0.1) is 8.04 Å². The second-order valence-electron chi connectivity index (χ2n) is 1.66. The van der Waals surface area contributed by atoms with Crippen LogP contribution in [0.1, 0.15) is 0 Å². The molecule has 0 fully saturated rings. The predicted octanol–water partition coefficient (Wildman–Crippen LogP) is 3.96. The van der Waals surface area contributed by atoms with Crippen molar-refractivity contribution >= 4 is 54.5 Å². The minimum atomic E-state index is -0.213. The number of rotatable bonds is 0. The fourth-order valence-electron chi connectivity index (χ4n) is 0.502. The lowest BCUT2D eigenvalue weighted by Crippen LogP contribution is -1.83. The normalized spacial score (nSPS) is 10.0. The molecule has 0 unspecified atom stereocenters. The van der Waals surface area contributed by atoms with E-state index in [1.807, 2.05) is 22.6 Å². The van der Waals surface area contributed by atoms with Crippen LogP contribution in [0.2, 0.25) is 0 Å². The van der Waals surface area contributed by atoms with Gasteiger partial charge >= 0.3 is 0 Å². The summed E-state index contributed by atoms with van der Waals surface area (Å²) in [6, 6.07) is 3.47. The summed E-state index contributed by atoms with van der Waals surface area (Å²) in [5, 5.41) is 0.